The fraction of sp³-hybridized carbons (Fsp3) is 0.458. The van der Waals surface area contributed by atoms with Gasteiger partial charge in [-0.05, 0) is 55.4 Å². The first-order valence-corrected chi connectivity index (χ1v) is 11.1. The molecule has 30 heavy (non-hydrogen) atoms. The van der Waals surface area contributed by atoms with Crippen molar-refractivity contribution in [3.05, 3.63) is 71.4 Å². The van der Waals surface area contributed by atoms with Gasteiger partial charge in [0.2, 0.25) is 5.91 Å². The van der Waals surface area contributed by atoms with Gasteiger partial charge < -0.3 is 10.6 Å². The van der Waals surface area contributed by atoms with Crippen LogP contribution in [0, 0.1) is 5.92 Å². The molecule has 2 aliphatic rings. The fourth-order valence-electron chi connectivity index (χ4n) is 4.28. The Bertz CT molecular complexity index is 775. The molecular formula is C24H33ClN4O. The van der Waals surface area contributed by atoms with Gasteiger partial charge in [-0.1, -0.05) is 48.5 Å². The predicted octanol–water partition coefficient (Wildman–Crippen LogP) is 3.28. The first kappa shape index (κ1) is 22.6. The van der Waals surface area contributed by atoms with Gasteiger partial charge in [0, 0.05) is 50.2 Å². The van der Waals surface area contributed by atoms with Crippen molar-refractivity contribution in [1.29, 1.82) is 0 Å². The van der Waals surface area contributed by atoms with E-state index >= 15 is 0 Å². The molecule has 0 saturated carbocycles. The maximum Gasteiger partial charge on any atom is 0.225 e. The zero-order valence-electron chi connectivity index (χ0n) is 17.7. The number of hydrogen-bond donors (Lipinski definition) is 1. The summed E-state index contributed by atoms with van der Waals surface area (Å²) in [5.41, 5.74) is 7.83. The molecule has 0 bridgehead atoms. The zero-order valence-corrected chi connectivity index (χ0v) is 18.4. The molecule has 3 rings (SSSR count). The largest absolute Gasteiger partial charge is 0.405 e. The van der Waals surface area contributed by atoms with Gasteiger partial charge in [-0.2, -0.15) is 0 Å². The van der Waals surface area contributed by atoms with E-state index in [0.717, 1.165) is 81.4 Å². The number of carbonyl (C=O) groups excluding carboxylic acids is 1. The van der Waals surface area contributed by atoms with Gasteiger partial charge in [0.15, 0.2) is 0 Å². The van der Waals surface area contributed by atoms with E-state index in [9.17, 15) is 4.79 Å². The van der Waals surface area contributed by atoms with Gasteiger partial charge in [0.05, 0.1) is 0 Å². The monoisotopic (exact) mass is 428 g/mol. The molecule has 162 valence electrons. The van der Waals surface area contributed by atoms with Crippen molar-refractivity contribution in [2.45, 2.75) is 19.4 Å². The number of likely N-dealkylation sites (tertiary alicyclic amines) is 1. The summed E-state index contributed by atoms with van der Waals surface area (Å²) in [6.07, 6.45) is 9.11. The third-order valence-electron chi connectivity index (χ3n) is 6.02. The lowest BCUT2D eigenvalue weighted by Crippen LogP contribution is -2.51. The quantitative estimate of drug-likeness (QED) is 0.677. The number of allylic oxidation sites excluding steroid dienone is 2. The maximum absolute atomic E-state index is 13.0. The van der Waals surface area contributed by atoms with E-state index in [1.165, 1.54) is 0 Å². The van der Waals surface area contributed by atoms with E-state index in [1.807, 2.05) is 30.4 Å². The minimum Gasteiger partial charge on any atom is -0.405 e. The Morgan fingerprint density at radius 2 is 1.80 bits per heavy atom. The first-order chi connectivity index (χ1) is 14.6. The normalized spacial score (nSPS) is 20.0. The summed E-state index contributed by atoms with van der Waals surface area (Å²) >= 11 is 6.29. The molecule has 0 aromatic heterocycles. The summed E-state index contributed by atoms with van der Waals surface area (Å²) in [5, 5.41) is 0.816. The van der Waals surface area contributed by atoms with Gasteiger partial charge in [-0.25, -0.2) is 0 Å². The second-order valence-corrected chi connectivity index (χ2v) is 8.49. The molecule has 2 saturated heterocycles. The van der Waals surface area contributed by atoms with Gasteiger partial charge >= 0.3 is 0 Å². The van der Waals surface area contributed by atoms with Crippen molar-refractivity contribution in [1.82, 2.24) is 14.7 Å². The van der Waals surface area contributed by atoms with Crippen LogP contribution in [-0.4, -0.2) is 66.4 Å². The summed E-state index contributed by atoms with van der Waals surface area (Å²) < 4.78 is 0. The molecule has 1 aromatic carbocycles. The van der Waals surface area contributed by atoms with Crippen molar-refractivity contribution in [3.63, 3.8) is 0 Å². The summed E-state index contributed by atoms with van der Waals surface area (Å²) in [6, 6.07) is 7.99. The second-order valence-electron chi connectivity index (χ2n) is 8.08. The highest BCUT2D eigenvalue weighted by Gasteiger charge is 2.30. The number of benzene rings is 1. The van der Waals surface area contributed by atoms with Gasteiger partial charge in [0.1, 0.15) is 0 Å². The van der Waals surface area contributed by atoms with Gasteiger partial charge in [0.25, 0.3) is 0 Å². The number of hydrogen-bond acceptors (Lipinski definition) is 4. The Kier molecular flexibility index (Phi) is 8.55. The van der Waals surface area contributed by atoms with Crippen LogP contribution >= 0.6 is 11.6 Å². The van der Waals surface area contributed by atoms with E-state index in [4.69, 9.17) is 17.3 Å². The molecule has 0 spiro atoms. The molecule has 0 unspecified atom stereocenters. The minimum absolute atomic E-state index is 0.147. The number of halogens is 1. The number of carbonyl (C=O) groups is 1. The topological polar surface area (TPSA) is 52.8 Å². The predicted molar refractivity (Wildman–Crippen MR) is 124 cm³/mol. The fourth-order valence-corrected chi connectivity index (χ4v) is 4.48. The molecule has 6 heteroatoms. The number of amides is 1. The lowest BCUT2D eigenvalue weighted by atomic mass is 9.94. The number of piperazine rings is 1. The molecule has 0 aliphatic carbocycles. The van der Waals surface area contributed by atoms with Crippen LogP contribution in [0.4, 0.5) is 0 Å². The smallest absolute Gasteiger partial charge is 0.225 e. The summed E-state index contributed by atoms with van der Waals surface area (Å²) in [5.74, 6) is 0.476. The first-order valence-electron chi connectivity index (χ1n) is 10.8. The van der Waals surface area contributed by atoms with E-state index in [1.54, 1.807) is 12.3 Å². The molecule has 2 aliphatic heterocycles. The molecule has 2 fully saturated rings. The maximum atomic E-state index is 13.0. The molecule has 2 N–H and O–H groups in total. The van der Waals surface area contributed by atoms with E-state index < -0.39 is 0 Å². The highest BCUT2D eigenvalue weighted by atomic mass is 35.5. The Hall–Kier alpha value is -2.08. The number of nitrogens with two attached hydrogens (primary N) is 1. The lowest BCUT2D eigenvalue weighted by Gasteiger charge is -2.38. The van der Waals surface area contributed by atoms with Gasteiger partial charge in [-0.15, -0.1) is 0 Å². The van der Waals surface area contributed by atoms with Crippen molar-refractivity contribution in [2.75, 3.05) is 45.8 Å². The highest BCUT2D eigenvalue weighted by Crippen LogP contribution is 2.22. The van der Waals surface area contributed by atoms with Crippen LogP contribution in [0.5, 0.6) is 0 Å². The molecule has 5 nitrogen and oxygen atoms in total. The van der Waals surface area contributed by atoms with Gasteiger partial charge in [-0.3, -0.25) is 14.6 Å². The highest BCUT2D eigenvalue weighted by molar-refractivity contribution is 6.31. The van der Waals surface area contributed by atoms with Crippen molar-refractivity contribution in [3.8, 4) is 0 Å². The number of piperidine rings is 1. The average molecular weight is 429 g/mol. The van der Waals surface area contributed by atoms with Crippen LogP contribution in [0.2, 0.25) is 5.02 Å². The summed E-state index contributed by atoms with van der Waals surface area (Å²) in [7, 11) is 0. The average Bonchev–Trinajstić information content (AvgIpc) is 2.76. The van der Waals surface area contributed by atoms with Crippen LogP contribution in [-0.2, 0) is 11.3 Å². The second kappa shape index (κ2) is 11.3. The van der Waals surface area contributed by atoms with Crippen molar-refractivity contribution in [2.24, 2.45) is 11.7 Å². The Morgan fingerprint density at radius 1 is 1.10 bits per heavy atom. The van der Waals surface area contributed by atoms with Crippen LogP contribution in [0.25, 0.3) is 0 Å². The van der Waals surface area contributed by atoms with Crippen molar-refractivity contribution < 1.29 is 4.79 Å². The Morgan fingerprint density at radius 3 is 2.43 bits per heavy atom. The van der Waals surface area contributed by atoms with Crippen molar-refractivity contribution >= 4 is 17.5 Å². The Balaban J connectivity index is 1.43. The van der Waals surface area contributed by atoms with E-state index in [-0.39, 0.29) is 5.92 Å². The lowest BCUT2D eigenvalue weighted by molar-refractivity contribution is -0.138. The number of rotatable bonds is 7. The molecule has 1 amide bonds. The third kappa shape index (κ3) is 6.21. The standard InChI is InChI=1S/C24H33ClN4O/c1-2-5-20(8-11-26)18-27-12-9-21(10-13-27)24(30)29-16-14-28(15-17-29)19-22-6-3-4-7-23(22)25/h2-8,11,21H,1,9-10,12-19,26H2/b11-8-,20-5+. The third-order valence-corrected chi connectivity index (χ3v) is 6.39. The minimum atomic E-state index is 0.147. The Labute approximate surface area is 185 Å². The van der Waals surface area contributed by atoms with Crippen LogP contribution in [0.1, 0.15) is 18.4 Å². The van der Waals surface area contributed by atoms with Crippen LogP contribution in [0.3, 0.4) is 0 Å². The van der Waals surface area contributed by atoms with E-state index in [0.29, 0.717) is 5.91 Å². The SMILES string of the molecule is C=C/C=C(\C=C/N)CN1CCC(C(=O)N2CCN(Cc3ccccc3Cl)CC2)CC1. The zero-order chi connectivity index (χ0) is 21.3. The summed E-state index contributed by atoms with van der Waals surface area (Å²) in [6.45, 7) is 10.7. The molecule has 0 atom stereocenters. The molecule has 1 aromatic rings. The molecule has 0 radical (unpaired) electrons. The van der Waals surface area contributed by atoms with Crippen LogP contribution < -0.4 is 5.73 Å². The summed E-state index contributed by atoms with van der Waals surface area (Å²) in [4.78, 5) is 19.9. The molecule has 2 heterocycles. The molecular weight excluding hydrogens is 396 g/mol. The van der Waals surface area contributed by atoms with E-state index in [2.05, 4.69) is 27.3 Å². The van der Waals surface area contributed by atoms with Crippen LogP contribution in [0.15, 0.2) is 60.8 Å². The number of nitrogens with zero attached hydrogens (tertiary/aromatic N) is 3.